The molecule has 2 aliphatic heterocycles. The second-order valence-electron chi connectivity index (χ2n) is 7.32. The fourth-order valence-electron chi connectivity index (χ4n) is 3.80. The van der Waals surface area contributed by atoms with E-state index in [4.69, 9.17) is 4.74 Å². The number of rotatable bonds is 4. The summed E-state index contributed by atoms with van der Waals surface area (Å²) in [6.07, 6.45) is 2.51. The third-order valence-electron chi connectivity index (χ3n) is 5.02. The molecule has 1 aromatic rings. The second kappa shape index (κ2) is 8.17. The van der Waals surface area contributed by atoms with Gasteiger partial charge in [-0.1, -0.05) is 30.3 Å². The first-order chi connectivity index (χ1) is 12.0. The molecule has 2 atom stereocenters. The summed E-state index contributed by atoms with van der Waals surface area (Å²) in [7, 11) is 0. The normalized spacial score (nSPS) is 27.9. The Bertz CT molecular complexity index is 568. The third-order valence-corrected chi connectivity index (χ3v) is 5.02. The molecule has 2 fully saturated rings. The highest BCUT2D eigenvalue weighted by atomic mass is 16.6. The Kier molecular flexibility index (Phi) is 5.93. The number of hydrogen-bond acceptors (Lipinski definition) is 5. The first-order valence-corrected chi connectivity index (χ1v) is 9.12. The highest BCUT2D eigenvalue weighted by Crippen LogP contribution is 2.24. The van der Waals surface area contributed by atoms with Crippen molar-refractivity contribution in [2.75, 3.05) is 32.7 Å². The van der Waals surface area contributed by atoms with Crippen LogP contribution in [-0.2, 0) is 11.3 Å². The molecule has 0 radical (unpaired) electrons. The summed E-state index contributed by atoms with van der Waals surface area (Å²) in [5, 5.41) is 20.7. The van der Waals surface area contributed by atoms with Gasteiger partial charge in [-0.25, -0.2) is 4.79 Å². The van der Waals surface area contributed by atoms with Gasteiger partial charge in [0, 0.05) is 19.6 Å². The third kappa shape index (κ3) is 5.17. The predicted molar refractivity (Wildman–Crippen MR) is 94.1 cm³/mol. The standard InChI is InChI=1S/C19H28N2O4/c22-17-8-4-10-20(12-17)14-19(24)9-5-11-21(15-19)18(23)25-13-16-6-2-1-3-7-16/h1-3,6-7,17,22,24H,4-5,8-15H2. The molecule has 2 aliphatic rings. The Morgan fingerprint density at radius 1 is 1.24 bits per heavy atom. The Labute approximate surface area is 149 Å². The van der Waals surface area contributed by atoms with E-state index in [0.29, 0.717) is 26.1 Å². The van der Waals surface area contributed by atoms with Gasteiger partial charge in [0.15, 0.2) is 0 Å². The fraction of sp³-hybridized carbons (Fsp3) is 0.632. The van der Waals surface area contributed by atoms with Crippen molar-refractivity contribution in [1.82, 2.24) is 9.80 Å². The minimum Gasteiger partial charge on any atom is -0.445 e. The lowest BCUT2D eigenvalue weighted by Crippen LogP contribution is -2.57. The molecule has 0 spiro atoms. The van der Waals surface area contributed by atoms with Gasteiger partial charge in [-0.15, -0.1) is 0 Å². The van der Waals surface area contributed by atoms with Gasteiger partial charge in [-0.2, -0.15) is 0 Å². The van der Waals surface area contributed by atoms with Gasteiger partial charge in [-0.05, 0) is 37.8 Å². The Morgan fingerprint density at radius 2 is 2.04 bits per heavy atom. The van der Waals surface area contributed by atoms with Crippen LogP contribution in [-0.4, -0.2) is 70.5 Å². The molecule has 6 heteroatoms. The summed E-state index contributed by atoms with van der Waals surface area (Å²) in [5.74, 6) is 0. The van der Waals surface area contributed by atoms with E-state index in [1.54, 1.807) is 4.90 Å². The monoisotopic (exact) mass is 348 g/mol. The van der Waals surface area contributed by atoms with E-state index in [2.05, 4.69) is 4.90 Å². The van der Waals surface area contributed by atoms with Gasteiger partial charge >= 0.3 is 6.09 Å². The molecular formula is C19H28N2O4. The Morgan fingerprint density at radius 3 is 2.80 bits per heavy atom. The lowest BCUT2D eigenvalue weighted by Gasteiger charge is -2.42. The van der Waals surface area contributed by atoms with Crippen molar-refractivity contribution in [3.8, 4) is 0 Å². The first-order valence-electron chi connectivity index (χ1n) is 9.12. The number of piperidine rings is 2. The average Bonchev–Trinajstić information content (AvgIpc) is 2.60. The summed E-state index contributed by atoms with van der Waals surface area (Å²) >= 11 is 0. The summed E-state index contributed by atoms with van der Waals surface area (Å²) in [4.78, 5) is 16.1. The summed E-state index contributed by atoms with van der Waals surface area (Å²) in [5.41, 5.74) is 0.0200. The van der Waals surface area contributed by atoms with Crippen LogP contribution in [0.15, 0.2) is 30.3 Å². The minimum atomic E-state index is -0.929. The number of likely N-dealkylation sites (tertiary alicyclic amines) is 2. The number of hydrogen-bond donors (Lipinski definition) is 2. The SMILES string of the molecule is O=C(OCc1ccccc1)N1CCCC(O)(CN2CCCC(O)C2)C1. The summed E-state index contributed by atoms with van der Waals surface area (Å²) < 4.78 is 5.39. The summed E-state index contributed by atoms with van der Waals surface area (Å²) in [6, 6.07) is 9.59. The van der Waals surface area contributed by atoms with E-state index in [-0.39, 0.29) is 25.3 Å². The second-order valence-corrected chi connectivity index (χ2v) is 7.32. The van der Waals surface area contributed by atoms with Crippen molar-refractivity contribution in [2.45, 2.75) is 44.0 Å². The van der Waals surface area contributed by atoms with E-state index in [9.17, 15) is 15.0 Å². The van der Waals surface area contributed by atoms with Crippen LogP contribution < -0.4 is 0 Å². The van der Waals surface area contributed by atoms with Gasteiger partial charge in [0.2, 0.25) is 0 Å². The van der Waals surface area contributed by atoms with Crippen LogP contribution in [0, 0.1) is 0 Å². The Hall–Kier alpha value is -1.63. The number of β-amino-alcohol motifs (C(OH)–C–C–N with tert-alkyl or cyclic N) is 2. The molecule has 2 N–H and O–H groups in total. The van der Waals surface area contributed by atoms with Crippen LogP contribution in [0.5, 0.6) is 0 Å². The average molecular weight is 348 g/mol. The minimum absolute atomic E-state index is 0.243. The zero-order valence-corrected chi connectivity index (χ0v) is 14.6. The zero-order valence-electron chi connectivity index (χ0n) is 14.6. The zero-order chi connectivity index (χ0) is 17.7. The number of amides is 1. The van der Waals surface area contributed by atoms with E-state index >= 15 is 0 Å². The highest BCUT2D eigenvalue weighted by molar-refractivity contribution is 5.68. The molecule has 0 saturated carbocycles. The quantitative estimate of drug-likeness (QED) is 0.865. The van der Waals surface area contributed by atoms with Crippen LogP contribution in [0.4, 0.5) is 4.79 Å². The molecule has 1 aromatic carbocycles. The van der Waals surface area contributed by atoms with Gasteiger partial charge in [0.1, 0.15) is 6.61 Å². The van der Waals surface area contributed by atoms with E-state index in [1.165, 1.54) is 0 Å². The molecule has 1 amide bonds. The van der Waals surface area contributed by atoms with Crippen LogP contribution in [0.1, 0.15) is 31.2 Å². The molecule has 0 bridgehead atoms. The molecule has 0 aliphatic carbocycles. The number of ether oxygens (including phenoxy) is 1. The van der Waals surface area contributed by atoms with Crippen molar-refractivity contribution in [2.24, 2.45) is 0 Å². The number of carbonyl (C=O) groups is 1. The lowest BCUT2D eigenvalue weighted by molar-refractivity contribution is -0.0624. The van der Waals surface area contributed by atoms with Crippen molar-refractivity contribution >= 4 is 6.09 Å². The van der Waals surface area contributed by atoms with Crippen LogP contribution in [0.2, 0.25) is 0 Å². The molecular weight excluding hydrogens is 320 g/mol. The lowest BCUT2D eigenvalue weighted by atomic mass is 9.91. The fourth-order valence-corrected chi connectivity index (χ4v) is 3.80. The van der Waals surface area contributed by atoms with Crippen molar-refractivity contribution in [3.05, 3.63) is 35.9 Å². The molecule has 3 rings (SSSR count). The molecule has 25 heavy (non-hydrogen) atoms. The van der Waals surface area contributed by atoms with Crippen molar-refractivity contribution in [3.63, 3.8) is 0 Å². The van der Waals surface area contributed by atoms with Crippen LogP contribution in [0.25, 0.3) is 0 Å². The van der Waals surface area contributed by atoms with Crippen molar-refractivity contribution < 1.29 is 19.7 Å². The number of aliphatic hydroxyl groups is 2. The number of carbonyl (C=O) groups excluding carboxylic acids is 1. The maximum absolute atomic E-state index is 12.3. The molecule has 2 heterocycles. The van der Waals surface area contributed by atoms with Gasteiger partial charge in [0.05, 0.1) is 18.2 Å². The van der Waals surface area contributed by atoms with Gasteiger partial charge in [-0.3, -0.25) is 4.90 Å². The Balaban J connectivity index is 1.51. The van der Waals surface area contributed by atoms with E-state index in [1.807, 2.05) is 30.3 Å². The molecule has 0 aromatic heterocycles. The smallest absolute Gasteiger partial charge is 0.410 e. The topological polar surface area (TPSA) is 73.2 Å². The van der Waals surface area contributed by atoms with Gasteiger partial charge in [0.25, 0.3) is 0 Å². The number of aliphatic hydroxyl groups excluding tert-OH is 1. The maximum atomic E-state index is 12.3. The first kappa shape index (κ1) is 18.2. The molecule has 2 saturated heterocycles. The number of benzene rings is 1. The van der Waals surface area contributed by atoms with Gasteiger partial charge < -0.3 is 19.8 Å². The maximum Gasteiger partial charge on any atom is 0.410 e. The van der Waals surface area contributed by atoms with Crippen LogP contribution >= 0.6 is 0 Å². The molecule has 6 nitrogen and oxygen atoms in total. The largest absolute Gasteiger partial charge is 0.445 e. The molecule has 138 valence electrons. The molecule has 2 unspecified atom stereocenters. The van der Waals surface area contributed by atoms with Crippen LogP contribution in [0.3, 0.4) is 0 Å². The predicted octanol–water partition coefficient (Wildman–Crippen LogP) is 1.61. The van der Waals surface area contributed by atoms with E-state index in [0.717, 1.165) is 31.4 Å². The number of nitrogens with zero attached hydrogens (tertiary/aromatic N) is 2. The summed E-state index contributed by atoms with van der Waals surface area (Å²) in [6.45, 7) is 3.11. The highest BCUT2D eigenvalue weighted by Gasteiger charge is 2.38. The van der Waals surface area contributed by atoms with E-state index < -0.39 is 5.60 Å². The van der Waals surface area contributed by atoms with Crippen molar-refractivity contribution in [1.29, 1.82) is 0 Å².